The topological polar surface area (TPSA) is 86.7 Å². The molecule has 1 aliphatic heterocycles. The number of aliphatic carboxylic acids is 1. The van der Waals surface area contributed by atoms with E-state index in [1.54, 1.807) is 36.1 Å². The Labute approximate surface area is 129 Å². The number of piperidine rings is 1. The maximum absolute atomic E-state index is 12.2. The summed E-state index contributed by atoms with van der Waals surface area (Å²) in [5.41, 5.74) is 1.36. The zero-order chi connectivity index (χ0) is 16.1. The summed E-state index contributed by atoms with van der Waals surface area (Å²) in [6.07, 6.45) is 1.31. The summed E-state index contributed by atoms with van der Waals surface area (Å²) in [5.74, 6) is -0.967. The number of anilines is 1. The molecule has 0 aromatic heterocycles. The van der Waals surface area contributed by atoms with E-state index in [1.165, 1.54) is 0 Å². The number of amides is 2. The Kier molecular flexibility index (Phi) is 5.14. The molecule has 0 spiro atoms. The van der Waals surface area contributed by atoms with E-state index in [9.17, 15) is 14.4 Å². The van der Waals surface area contributed by atoms with Gasteiger partial charge in [-0.05, 0) is 30.5 Å². The molecule has 0 saturated carbocycles. The lowest BCUT2D eigenvalue weighted by molar-refractivity contribution is -0.136. The molecule has 6 nitrogen and oxygen atoms in total. The number of benzene rings is 1. The Morgan fingerprint density at radius 3 is 2.27 bits per heavy atom. The van der Waals surface area contributed by atoms with Crippen molar-refractivity contribution in [1.82, 2.24) is 4.90 Å². The van der Waals surface area contributed by atoms with Crippen molar-refractivity contribution in [3.8, 4) is 0 Å². The molecular formula is C16H20N2O4. The van der Waals surface area contributed by atoms with Crippen molar-refractivity contribution < 1.29 is 19.5 Å². The molecule has 6 heteroatoms. The van der Waals surface area contributed by atoms with Gasteiger partial charge in [0.1, 0.15) is 0 Å². The van der Waals surface area contributed by atoms with E-state index < -0.39 is 5.97 Å². The van der Waals surface area contributed by atoms with Gasteiger partial charge in [0.05, 0.1) is 6.42 Å². The molecule has 0 bridgehead atoms. The fraction of sp³-hybridized carbons (Fsp3) is 0.438. The Hall–Kier alpha value is -2.37. The molecule has 1 aliphatic rings. The molecule has 1 saturated heterocycles. The molecule has 1 aromatic carbocycles. The Bertz CT molecular complexity index is 560. The monoisotopic (exact) mass is 304 g/mol. The maximum Gasteiger partial charge on any atom is 0.307 e. The molecule has 0 unspecified atom stereocenters. The highest BCUT2D eigenvalue weighted by Crippen LogP contribution is 2.20. The van der Waals surface area contributed by atoms with Crippen molar-refractivity contribution in [2.45, 2.75) is 26.2 Å². The number of hydrogen-bond acceptors (Lipinski definition) is 3. The second-order valence-corrected chi connectivity index (χ2v) is 5.54. The number of nitrogens with zero attached hydrogens (tertiary/aromatic N) is 1. The van der Waals surface area contributed by atoms with Gasteiger partial charge in [-0.1, -0.05) is 12.1 Å². The van der Waals surface area contributed by atoms with Gasteiger partial charge in [0.15, 0.2) is 0 Å². The van der Waals surface area contributed by atoms with Gasteiger partial charge in [-0.2, -0.15) is 0 Å². The quantitative estimate of drug-likeness (QED) is 0.882. The van der Waals surface area contributed by atoms with Crippen LogP contribution < -0.4 is 5.32 Å². The fourth-order valence-electron chi connectivity index (χ4n) is 2.58. The molecule has 1 aromatic rings. The number of carboxylic acids is 1. The predicted octanol–water partition coefficient (Wildman–Crippen LogP) is 1.51. The van der Waals surface area contributed by atoms with Gasteiger partial charge in [0.25, 0.3) is 0 Å². The largest absolute Gasteiger partial charge is 0.481 e. The summed E-state index contributed by atoms with van der Waals surface area (Å²) in [6, 6.07) is 6.81. The van der Waals surface area contributed by atoms with Crippen molar-refractivity contribution in [3.05, 3.63) is 29.8 Å². The van der Waals surface area contributed by atoms with Crippen LogP contribution in [0, 0.1) is 5.92 Å². The number of carboxylic acid groups (broad SMARTS) is 1. The van der Waals surface area contributed by atoms with Crippen LogP contribution >= 0.6 is 0 Å². The third kappa shape index (κ3) is 4.31. The number of rotatable bonds is 4. The lowest BCUT2D eigenvalue weighted by atomic mass is 9.95. The predicted molar refractivity (Wildman–Crippen MR) is 81.4 cm³/mol. The first kappa shape index (κ1) is 16.0. The van der Waals surface area contributed by atoms with Gasteiger partial charge in [-0.3, -0.25) is 14.4 Å². The number of nitrogens with one attached hydrogen (secondary N) is 1. The molecule has 1 fully saturated rings. The summed E-state index contributed by atoms with van der Waals surface area (Å²) in [7, 11) is 0. The normalized spacial score (nSPS) is 15.4. The van der Waals surface area contributed by atoms with E-state index in [0.717, 1.165) is 0 Å². The summed E-state index contributed by atoms with van der Waals surface area (Å²) < 4.78 is 0. The van der Waals surface area contributed by atoms with E-state index >= 15 is 0 Å². The lowest BCUT2D eigenvalue weighted by Crippen LogP contribution is -2.40. The standard InChI is InChI=1S/C16H20N2O4/c1-11(19)18-8-6-13(7-9-18)16(22)17-14-4-2-12(3-5-14)10-15(20)21/h2-5,13H,6-10H2,1H3,(H,17,22)(H,20,21). The first-order chi connectivity index (χ1) is 10.5. The van der Waals surface area contributed by atoms with Crippen LogP contribution in [-0.4, -0.2) is 40.9 Å². The number of likely N-dealkylation sites (tertiary alicyclic amines) is 1. The van der Waals surface area contributed by atoms with Gasteiger partial charge in [0, 0.05) is 31.6 Å². The van der Waals surface area contributed by atoms with Crippen LogP contribution in [0.25, 0.3) is 0 Å². The van der Waals surface area contributed by atoms with Crippen LogP contribution in [0.1, 0.15) is 25.3 Å². The smallest absolute Gasteiger partial charge is 0.307 e. The molecule has 0 radical (unpaired) electrons. The van der Waals surface area contributed by atoms with Gasteiger partial charge in [-0.15, -0.1) is 0 Å². The lowest BCUT2D eigenvalue weighted by Gasteiger charge is -2.30. The van der Waals surface area contributed by atoms with Crippen molar-refractivity contribution in [3.63, 3.8) is 0 Å². The molecular weight excluding hydrogens is 284 g/mol. The molecule has 118 valence electrons. The third-order valence-corrected chi connectivity index (χ3v) is 3.89. The average Bonchev–Trinajstić information content (AvgIpc) is 2.49. The highest BCUT2D eigenvalue weighted by molar-refractivity contribution is 5.92. The number of carbonyl (C=O) groups is 3. The molecule has 0 aliphatic carbocycles. The molecule has 1 heterocycles. The van der Waals surface area contributed by atoms with Crippen molar-refractivity contribution in [2.24, 2.45) is 5.92 Å². The molecule has 2 amide bonds. The van der Waals surface area contributed by atoms with Crippen LogP contribution in [0.4, 0.5) is 5.69 Å². The van der Waals surface area contributed by atoms with E-state index in [0.29, 0.717) is 37.2 Å². The Balaban J connectivity index is 1.87. The highest BCUT2D eigenvalue weighted by atomic mass is 16.4. The molecule has 2 N–H and O–H groups in total. The fourth-order valence-corrected chi connectivity index (χ4v) is 2.58. The number of carbonyl (C=O) groups excluding carboxylic acids is 2. The zero-order valence-corrected chi connectivity index (χ0v) is 12.5. The van der Waals surface area contributed by atoms with E-state index in [4.69, 9.17) is 5.11 Å². The Morgan fingerprint density at radius 2 is 1.77 bits per heavy atom. The summed E-state index contributed by atoms with van der Waals surface area (Å²) in [5, 5.41) is 11.6. The molecule has 2 rings (SSSR count). The first-order valence-corrected chi connectivity index (χ1v) is 7.33. The average molecular weight is 304 g/mol. The van der Waals surface area contributed by atoms with Crippen LogP contribution in [0.15, 0.2) is 24.3 Å². The van der Waals surface area contributed by atoms with Crippen molar-refractivity contribution in [2.75, 3.05) is 18.4 Å². The van der Waals surface area contributed by atoms with Crippen molar-refractivity contribution >= 4 is 23.5 Å². The van der Waals surface area contributed by atoms with Gasteiger partial charge >= 0.3 is 5.97 Å². The van der Waals surface area contributed by atoms with Gasteiger partial charge < -0.3 is 15.3 Å². The summed E-state index contributed by atoms with van der Waals surface area (Å²) in [6.45, 7) is 2.77. The van der Waals surface area contributed by atoms with Crippen LogP contribution in [-0.2, 0) is 20.8 Å². The minimum absolute atomic E-state index is 0.0300. The van der Waals surface area contributed by atoms with E-state index in [1.807, 2.05) is 0 Å². The first-order valence-electron chi connectivity index (χ1n) is 7.33. The second-order valence-electron chi connectivity index (χ2n) is 5.54. The Morgan fingerprint density at radius 1 is 1.18 bits per heavy atom. The van der Waals surface area contributed by atoms with Crippen LogP contribution in [0.2, 0.25) is 0 Å². The number of hydrogen-bond donors (Lipinski definition) is 2. The van der Waals surface area contributed by atoms with Crippen LogP contribution in [0.5, 0.6) is 0 Å². The SMILES string of the molecule is CC(=O)N1CCC(C(=O)Nc2ccc(CC(=O)O)cc2)CC1. The van der Waals surface area contributed by atoms with Gasteiger partial charge in [0.2, 0.25) is 11.8 Å². The summed E-state index contributed by atoms with van der Waals surface area (Å²) >= 11 is 0. The second kappa shape index (κ2) is 7.06. The van der Waals surface area contributed by atoms with Crippen molar-refractivity contribution in [1.29, 1.82) is 0 Å². The van der Waals surface area contributed by atoms with Gasteiger partial charge in [-0.25, -0.2) is 0 Å². The minimum atomic E-state index is -0.881. The zero-order valence-electron chi connectivity index (χ0n) is 12.5. The molecule has 0 atom stereocenters. The summed E-state index contributed by atoms with van der Waals surface area (Å²) in [4.78, 5) is 35.8. The maximum atomic E-state index is 12.2. The van der Waals surface area contributed by atoms with E-state index in [2.05, 4.69) is 5.32 Å². The minimum Gasteiger partial charge on any atom is -0.481 e. The van der Waals surface area contributed by atoms with E-state index in [-0.39, 0.29) is 24.2 Å². The van der Waals surface area contributed by atoms with Crippen LogP contribution in [0.3, 0.4) is 0 Å². The molecule has 22 heavy (non-hydrogen) atoms. The third-order valence-electron chi connectivity index (χ3n) is 3.89. The highest BCUT2D eigenvalue weighted by Gasteiger charge is 2.25.